The van der Waals surface area contributed by atoms with Crippen molar-refractivity contribution in [1.29, 1.82) is 0 Å². The summed E-state index contributed by atoms with van der Waals surface area (Å²) in [5.74, 6) is 0. The van der Waals surface area contributed by atoms with E-state index in [0.29, 0.717) is 0 Å². The molecule has 4 heterocycles. The second-order valence-electron chi connectivity index (χ2n) is 14.2. The van der Waals surface area contributed by atoms with Gasteiger partial charge in [-0.3, -0.25) is 0 Å². The quantitative estimate of drug-likeness (QED) is 0.175. The van der Waals surface area contributed by atoms with Crippen molar-refractivity contribution in [1.82, 2.24) is 18.3 Å². The molecule has 4 heteroatoms. The Kier molecular flexibility index (Phi) is 6.02. The Morgan fingerprint density at radius 3 is 1.56 bits per heavy atom. The first-order chi connectivity index (χ1) is 26.8. The third-order valence-corrected chi connectivity index (χ3v) is 11.4. The van der Waals surface area contributed by atoms with Gasteiger partial charge in [0.25, 0.3) is 0 Å². The fourth-order valence-corrected chi connectivity index (χ4v) is 9.08. The first-order valence-corrected chi connectivity index (χ1v) is 18.5. The topological polar surface area (TPSA) is 19.7 Å². The number of aromatic nitrogens is 4. The Morgan fingerprint density at radius 1 is 0.278 bits per heavy atom. The molecule has 54 heavy (non-hydrogen) atoms. The van der Waals surface area contributed by atoms with Gasteiger partial charge in [0, 0.05) is 66.6 Å². The minimum Gasteiger partial charge on any atom is -0.317 e. The van der Waals surface area contributed by atoms with Crippen LogP contribution in [0.4, 0.5) is 0 Å². The molecular weight excluding hydrogens is 657 g/mol. The van der Waals surface area contributed by atoms with Gasteiger partial charge in [-0.05, 0) is 91.0 Å². The predicted octanol–water partition coefficient (Wildman–Crippen LogP) is 12.9. The SMILES string of the molecule is c1ccc(-n2ccc3cc4c(cc32)c2ccc3c(c5ccccc5n3-c3ccccc3)c2n4-c2ccc3c(c2)c2ccccc2n3-c2ccccc2)cc1. The monoisotopic (exact) mass is 688 g/mol. The lowest BCUT2D eigenvalue weighted by Crippen LogP contribution is -1.96. The molecule has 4 nitrogen and oxygen atoms in total. The number of fused-ring (bicyclic) bond motifs is 11. The van der Waals surface area contributed by atoms with Crippen LogP contribution in [0, 0.1) is 0 Å². The largest absolute Gasteiger partial charge is 0.317 e. The first kappa shape index (κ1) is 29.3. The summed E-state index contributed by atoms with van der Waals surface area (Å²) >= 11 is 0. The molecule has 0 N–H and O–H groups in total. The summed E-state index contributed by atoms with van der Waals surface area (Å²) in [6.07, 6.45) is 2.20. The van der Waals surface area contributed by atoms with Crippen LogP contribution in [0.1, 0.15) is 0 Å². The van der Waals surface area contributed by atoms with Crippen molar-refractivity contribution in [2.75, 3.05) is 0 Å². The van der Waals surface area contributed by atoms with E-state index in [1.54, 1.807) is 0 Å². The summed E-state index contributed by atoms with van der Waals surface area (Å²) in [4.78, 5) is 0. The van der Waals surface area contributed by atoms with E-state index in [2.05, 4.69) is 213 Å². The van der Waals surface area contributed by atoms with Crippen LogP contribution in [0.3, 0.4) is 0 Å². The van der Waals surface area contributed by atoms with Crippen molar-refractivity contribution in [2.24, 2.45) is 0 Å². The van der Waals surface area contributed by atoms with E-state index < -0.39 is 0 Å². The van der Waals surface area contributed by atoms with E-state index in [9.17, 15) is 0 Å². The highest BCUT2D eigenvalue weighted by atomic mass is 15.0. The zero-order valence-electron chi connectivity index (χ0n) is 29.3. The van der Waals surface area contributed by atoms with Gasteiger partial charge in [0.05, 0.1) is 38.6 Å². The molecule has 0 atom stereocenters. The van der Waals surface area contributed by atoms with Crippen molar-refractivity contribution in [3.63, 3.8) is 0 Å². The molecule has 12 rings (SSSR count). The average molecular weight is 689 g/mol. The number of para-hydroxylation sites is 5. The standard InChI is InChI=1S/C50H32N4/c1-4-14-34(15-5-1)51-29-28-33-30-48-42(32-47(33)51)39-25-27-46-49(40-21-11-13-23-44(40)53(46)36-18-8-3-9-19-36)50(39)54(48)37-24-26-45-41(31-37)38-20-10-12-22-43(38)52(45)35-16-6-2-7-17-35/h1-32H. The molecule has 0 radical (unpaired) electrons. The fraction of sp³-hybridized carbons (Fsp3) is 0. The lowest BCUT2D eigenvalue weighted by molar-refractivity contribution is 1.13. The number of rotatable bonds is 4. The Labute approximate surface area is 310 Å². The summed E-state index contributed by atoms with van der Waals surface area (Å²) in [6, 6.07) is 68.5. The summed E-state index contributed by atoms with van der Waals surface area (Å²) in [7, 11) is 0. The summed E-state index contributed by atoms with van der Waals surface area (Å²) < 4.78 is 9.65. The maximum absolute atomic E-state index is 2.53. The van der Waals surface area contributed by atoms with Crippen molar-refractivity contribution in [3.05, 3.63) is 194 Å². The molecule has 0 saturated heterocycles. The van der Waals surface area contributed by atoms with Crippen LogP contribution >= 0.6 is 0 Å². The van der Waals surface area contributed by atoms with Gasteiger partial charge in [0.15, 0.2) is 0 Å². The molecule has 4 aromatic heterocycles. The van der Waals surface area contributed by atoms with Crippen LogP contribution < -0.4 is 0 Å². The number of nitrogens with zero attached hydrogens (tertiary/aromatic N) is 4. The van der Waals surface area contributed by atoms with Crippen LogP contribution in [0.2, 0.25) is 0 Å². The molecule has 8 aromatic carbocycles. The predicted molar refractivity (Wildman–Crippen MR) is 226 cm³/mol. The van der Waals surface area contributed by atoms with Crippen molar-refractivity contribution < 1.29 is 0 Å². The number of hydrogen-bond donors (Lipinski definition) is 0. The minimum absolute atomic E-state index is 1.14. The van der Waals surface area contributed by atoms with E-state index in [1.165, 1.54) is 76.3 Å². The Hall–Kier alpha value is -7.30. The van der Waals surface area contributed by atoms with Gasteiger partial charge in [0.2, 0.25) is 0 Å². The lowest BCUT2D eigenvalue weighted by Gasteiger charge is -2.12. The third kappa shape index (κ3) is 4.02. The van der Waals surface area contributed by atoms with Gasteiger partial charge >= 0.3 is 0 Å². The third-order valence-electron chi connectivity index (χ3n) is 11.4. The van der Waals surface area contributed by atoms with Gasteiger partial charge < -0.3 is 18.3 Å². The zero-order valence-corrected chi connectivity index (χ0v) is 29.3. The van der Waals surface area contributed by atoms with Crippen LogP contribution in [-0.4, -0.2) is 18.3 Å². The molecule has 0 unspecified atom stereocenters. The maximum Gasteiger partial charge on any atom is 0.0641 e. The Bertz CT molecular complexity index is 3410. The molecule has 12 aromatic rings. The first-order valence-electron chi connectivity index (χ1n) is 18.5. The van der Waals surface area contributed by atoms with Crippen LogP contribution in [0.15, 0.2) is 194 Å². The highest BCUT2D eigenvalue weighted by molar-refractivity contribution is 6.27. The van der Waals surface area contributed by atoms with E-state index in [-0.39, 0.29) is 0 Å². The second-order valence-corrected chi connectivity index (χ2v) is 14.2. The Balaban J connectivity index is 1.24. The van der Waals surface area contributed by atoms with Crippen molar-refractivity contribution in [3.8, 4) is 22.7 Å². The molecule has 0 aliphatic rings. The van der Waals surface area contributed by atoms with Crippen LogP contribution in [0.25, 0.3) is 99.1 Å². The minimum atomic E-state index is 1.14. The average Bonchev–Trinajstić information content (AvgIpc) is 3.98. The summed E-state index contributed by atoms with van der Waals surface area (Å²) in [5, 5.41) is 8.66. The molecule has 0 spiro atoms. The van der Waals surface area contributed by atoms with Gasteiger partial charge in [-0.25, -0.2) is 0 Å². The van der Waals surface area contributed by atoms with Gasteiger partial charge in [-0.1, -0.05) is 97.1 Å². The van der Waals surface area contributed by atoms with Crippen LogP contribution in [0.5, 0.6) is 0 Å². The van der Waals surface area contributed by atoms with E-state index in [0.717, 1.165) is 22.7 Å². The smallest absolute Gasteiger partial charge is 0.0641 e. The molecule has 0 bridgehead atoms. The fourth-order valence-electron chi connectivity index (χ4n) is 9.08. The van der Waals surface area contributed by atoms with E-state index >= 15 is 0 Å². The molecule has 0 aliphatic carbocycles. The molecular formula is C50H32N4. The highest BCUT2D eigenvalue weighted by Crippen LogP contribution is 2.44. The Morgan fingerprint density at radius 2 is 0.833 bits per heavy atom. The van der Waals surface area contributed by atoms with Gasteiger partial charge in [-0.2, -0.15) is 0 Å². The molecule has 0 aliphatic heterocycles. The highest BCUT2D eigenvalue weighted by Gasteiger charge is 2.23. The van der Waals surface area contributed by atoms with Gasteiger partial charge in [0.1, 0.15) is 0 Å². The van der Waals surface area contributed by atoms with Crippen molar-refractivity contribution in [2.45, 2.75) is 0 Å². The van der Waals surface area contributed by atoms with E-state index in [4.69, 9.17) is 0 Å². The maximum atomic E-state index is 2.53. The molecule has 0 amide bonds. The normalized spacial score (nSPS) is 12.1. The van der Waals surface area contributed by atoms with Crippen molar-refractivity contribution >= 4 is 76.3 Å². The van der Waals surface area contributed by atoms with Crippen LogP contribution in [-0.2, 0) is 0 Å². The number of benzene rings is 8. The van der Waals surface area contributed by atoms with E-state index in [1.807, 2.05) is 0 Å². The second kappa shape index (κ2) is 11.1. The lowest BCUT2D eigenvalue weighted by atomic mass is 10.1. The summed E-state index contributed by atoms with van der Waals surface area (Å²) in [6.45, 7) is 0. The zero-order chi connectivity index (χ0) is 35.3. The summed E-state index contributed by atoms with van der Waals surface area (Å²) in [5.41, 5.74) is 13.0. The van der Waals surface area contributed by atoms with Gasteiger partial charge in [-0.15, -0.1) is 0 Å². The molecule has 252 valence electrons. The number of hydrogen-bond acceptors (Lipinski definition) is 0. The molecule has 0 saturated carbocycles. The molecule has 0 fully saturated rings.